The maximum Gasteiger partial charge on any atom is 0.397 e. The normalized spacial score (nSPS) is 19.8. The zero-order valence-corrected chi connectivity index (χ0v) is 44.5. The van der Waals surface area contributed by atoms with Crippen LogP contribution in [0.15, 0.2) is 12.2 Å². The third kappa shape index (κ3) is 37.6. The van der Waals surface area contributed by atoms with Gasteiger partial charge in [-0.2, -0.15) is 8.42 Å². The minimum Gasteiger partial charge on any atom is -0.394 e. The third-order valence-electron chi connectivity index (χ3n) is 13.8. The number of carbonyl (C=O) groups is 1. The molecule has 1 heterocycles. The largest absolute Gasteiger partial charge is 0.397 e. The van der Waals surface area contributed by atoms with Gasteiger partial charge in [-0.15, -0.1) is 0 Å². The Balaban J connectivity index is 2.17. The molecule has 0 saturated carbocycles. The summed E-state index contributed by atoms with van der Waals surface area (Å²) in [4.78, 5) is 13.1. The molecule has 1 rings (SSSR count). The molecule has 0 aromatic rings. The highest BCUT2D eigenvalue weighted by atomic mass is 32.3. The maximum absolute atomic E-state index is 13.1. The van der Waals surface area contributed by atoms with E-state index in [4.69, 9.17) is 9.47 Å². The molecule has 0 aromatic carbocycles. The minimum absolute atomic E-state index is 0.228. The number of ether oxygens (including phenoxy) is 2. The molecule has 0 aliphatic carbocycles. The number of aliphatic hydroxyl groups is 4. The van der Waals surface area contributed by atoms with E-state index in [1.54, 1.807) is 0 Å². The van der Waals surface area contributed by atoms with Gasteiger partial charge in [-0.3, -0.25) is 9.35 Å². The fourth-order valence-corrected chi connectivity index (χ4v) is 9.91. The lowest BCUT2D eigenvalue weighted by molar-refractivity contribution is -0.298. The first kappa shape index (κ1) is 64.9. The Bertz CT molecular complexity index is 1260. The molecule has 1 aliphatic rings. The number of carbonyl (C=O) groups excluding carboxylic acids is 1. The second-order valence-corrected chi connectivity index (χ2v) is 21.3. The van der Waals surface area contributed by atoms with Crippen molar-refractivity contribution in [2.75, 3.05) is 13.2 Å². The van der Waals surface area contributed by atoms with Crippen molar-refractivity contribution in [3.8, 4) is 0 Å². The molecule has 404 valence electrons. The average molecular weight is 991 g/mol. The molecule has 7 atom stereocenters. The van der Waals surface area contributed by atoms with Crippen LogP contribution in [0.25, 0.3) is 0 Å². The first-order chi connectivity index (χ1) is 33.0. The number of unbranched alkanes of at least 4 members (excludes halogenated alkanes) is 36. The lowest BCUT2D eigenvalue weighted by atomic mass is 9.99. The predicted octanol–water partition coefficient (Wildman–Crippen LogP) is 13.1. The molecular weight excluding hydrogens is 883 g/mol. The average Bonchev–Trinajstić information content (AvgIpc) is 3.31. The van der Waals surface area contributed by atoms with Crippen molar-refractivity contribution in [1.29, 1.82) is 0 Å². The van der Waals surface area contributed by atoms with Crippen molar-refractivity contribution in [3.63, 3.8) is 0 Å². The van der Waals surface area contributed by atoms with Crippen molar-refractivity contribution in [1.82, 2.24) is 5.32 Å². The molecule has 0 radical (unpaired) electrons. The fraction of sp³-hybridized carbons (Fsp3) is 0.945. The van der Waals surface area contributed by atoms with Crippen molar-refractivity contribution in [2.45, 2.75) is 320 Å². The molecule has 68 heavy (non-hydrogen) atoms. The second kappa shape index (κ2) is 45.7. The summed E-state index contributed by atoms with van der Waals surface area (Å²) < 4.78 is 47.7. The lowest BCUT2D eigenvalue weighted by Gasteiger charge is -2.41. The van der Waals surface area contributed by atoms with Gasteiger partial charge in [0, 0.05) is 6.42 Å². The van der Waals surface area contributed by atoms with E-state index in [0.29, 0.717) is 12.8 Å². The van der Waals surface area contributed by atoms with Gasteiger partial charge in [-0.1, -0.05) is 244 Å². The monoisotopic (exact) mass is 990 g/mol. The quantitative estimate of drug-likeness (QED) is 0.0193. The minimum atomic E-state index is -5.07. The molecule has 1 amide bonds. The number of amides is 1. The van der Waals surface area contributed by atoms with E-state index in [0.717, 1.165) is 51.4 Å². The zero-order valence-electron chi connectivity index (χ0n) is 43.7. The number of aliphatic hydroxyl groups excluding tert-OH is 4. The van der Waals surface area contributed by atoms with Gasteiger partial charge in [-0.05, 0) is 38.5 Å². The lowest BCUT2D eigenvalue weighted by Crippen LogP contribution is -2.61. The molecular formula is C55H107NO11S. The predicted molar refractivity (Wildman–Crippen MR) is 278 cm³/mol. The molecule has 6 N–H and O–H groups in total. The van der Waals surface area contributed by atoms with Crippen molar-refractivity contribution < 1.29 is 51.8 Å². The molecule has 7 unspecified atom stereocenters. The van der Waals surface area contributed by atoms with Gasteiger partial charge in [0.1, 0.15) is 24.4 Å². The van der Waals surface area contributed by atoms with Gasteiger partial charge in [0.05, 0.1) is 25.4 Å². The Morgan fingerprint density at radius 2 is 0.941 bits per heavy atom. The van der Waals surface area contributed by atoms with E-state index in [2.05, 4.69) is 35.5 Å². The summed E-state index contributed by atoms with van der Waals surface area (Å²) in [6.45, 7) is 3.44. The molecule has 12 nitrogen and oxygen atoms in total. The van der Waals surface area contributed by atoms with Crippen LogP contribution in [0.1, 0.15) is 277 Å². The van der Waals surface area contributed by atoms with E-state index in [1.807, 2.05) is 0 Å². The van der Waals surface area contributed by atoms with Crippen molar-refractivity contribution >= 4 is 16.3 Å². The summed E-state index contributed by atoms with van der Waals surface area (Å²) >= 11 is 0. The molecule has 13 heteroatoms. The van der Waals surface area contributed by atoms with E-state index in [-0.39, 0.29) is 12.5 Å². The molecule has 0 bridgehead atoms. The highest BCUT2D eigenvalue weighted by Gasteiger charge is 2.48. The Labute approximate surface area is 417 Å². The zero-order chi connectivity index (χ0) is 49.8. The van der Waals surface area contributed by atoms with Crippen molar-refractivity contribution in [3.05, 3.63) is 12.2 Å². The summed E-state index contributed by atoms with van der Waals surface area (Å²) in [5, 5.41) is 44.9. The standard InChI is InChI=1S/C55H107NO11S/c1-3-5-7-9-11-13-14-15-16-17-18-19-20-21-22-23-24-25-26-27-28-29-30-31-32-33-34-35-37-39-41-43-45-51(59)56-48(49(58)44-42-40-38-36-12-10-8-6-4-2)47-65-55-53(61)54(67-68(62,63)64)52(60)50(46-57)66-55/h21-22,48-50,52-55,57-58,60-61H,3-20,23-47H2,1-2H3,(H,56,59)(H,62,63,64)/b22-21-. The Kier molecular flexibility index (Phi) is 43.6. The number of allylic oxidation sites excluding steroid dienone is 2. The van der Waals surface area contributed by atoms with E-state index in [9.17, 15) is 38.2 Å². The molecule has 1 saturated heterocycles. The summed E-state index contributed by atoms with van der Waals surface area (Å²) in [5.74, 6) is -0.228. The smallest absolute Gasteiger partial charge is 0.394 e. The molecule has 1 fully saturated rings. The van der Waals surface area contributed by atoms with E-state index >= 15 is 0 Å². The summed E-state index contributed by atoms with van der Waals surface area (Å²) in [7, 11) is -5.07. The third-order valence-corrected chi connectivity index (χ3v) is 14.3. The highest BCUT2D eigenvalue weighted by molar-refractivity contribution is 7.80. The van der Waals surface area contributed by atoms with Gasteiger partial charge in [-0.25, -0.2) is 4.18 Å². The van der Waals surface area contributed by atoms with Crippen LogP contribution >= 0.6 is 0 Å². The Morgan fingerprint density at radius 3 is 1.32 bits per heavy atom. The highest BCUT2D eigenvalue weighted by Crippen LogP contribution is 2.26. The Hall–Kier alpha value is -1.16. The van der Waals surface area contributed by atoms with Gasteiger partial charge in [0.15, 0.2) is 6.29 Å². The Morgan fingerprint density at radius 1 is 0.574 bits per heavy atom. The van der Waals surface area contributed by atoms with Crippen LogP contribution in [-0.4, -0.2) is 95.4 Å². The van der Waals surface area contributed by atoms with E-state index in [1.165, 1.54) is 199 Å². The summed E-state index contributed by atoms with van der Waals surface area (Å²) in [5.41, 5.74) is 0. The maximum atomic E-state index is 13.1. The van der Waals surface area contributed by atoms with Crippen LogP contribution < -0.4 is 5.32 Å². The van der Waals surface area contributed by atoms with Crippen LogP contribution in [0, 0.1) is 0 Å². The molecule has 0 aromatic heterocycles. The number of hydrogen-bond acceptors (Lipinski definition) is 10. The van der Waals surface area contributed by atoms with Crippen LogP contribution in [0.2, 0.25) is 0 Å². The topological polar surface area (TPSA) is 192 Å². The van der Waals surface area contributed by atoms with Crippen LogP contribution in [-0.2, 0) is 28.9 Å². The number of nitrogens with one attached hydrogen (secondary N) is 1. The molecule has 1 aliphatic heterocycles. The fourth-order valence-electron chi connectivity index (χ4n) is 9.40. The van der Waals surface area contributed by atoms with Crippen LogP contribution in [0.3, 0.4) is 0 Å². The first-order valence-corrected chi connectivity index (χ1v) is 29.9. The van der Waals surface area contributed by atoms with Gasteiger partial charge in [0.2, 0.25) is 5.91 Å². The van der Waals surface area contributed by atoms with Gasteiger partial charge in [0.25, 0.3) is 0 Å². The van der Waals surface area contributed by atoms with Gasteiger partial charge >= 0.3 is 10.4 Å². The summed E-state index contributed by atoms with van der Waals surface area (Å²) in [6.07, 6.45) is 45.5. The van der Waals surface area contributed by atoms with Crippen LogP contribution in [0.4, 0.5) is 0 Å². The van der Waals surface area contributed by atoms with Crippen LogP contribution in [0.5, 0.6) is 0 Å². The van der Waals surface area contributed by atoms with Crippen molar-refractivity contribution in [2.24, 2.45) is 0 Å². The van der Waals surface area contributed by atoms with E-state index < -0.39 is 59.9 Å². The first-order valence-electron chi connectivity index (χ1n) is 28.6. The number of hydrogen-bond donors (Lipinski definition) is 6. The summed E-state index contributed by atoms with van der Waals surface area (Å²) in [6, 6.07) is -0.853. The van der Waals surface area contributed by atoms with Gasteiger partial charge < -0.3 is 35.2 Å². The molecule has 0 spiro atoms. The number of rotatable bonds is 50. The SMILES string of the molecule is CCCCCCCCCCCCCC/C=C\CCCCCCCCCCCCCCCCCCC(=O)NC(COC1OC(CO)C(O)C(OS(=O)(=O)O)C1O)C(O)CCCCCCCCCCC. The second-order valence-electron chi connectivity index (χ2n) is 20.2.